The van der Waals surface area contributed by atoms with Crippen LogP contribution in [-0.4, -0.2) is 22.9 Å². The molecule has 0 N–H and O–H groups in total. The van der Waals surface area contributed by atoms with Gasteiger partial charge in [-0.2, -0.15) is 0 Å². The molecule has 0 radical (unpaired) electrons. The molecule has 0 fully saturated rings. The first kappa shape index (κ1) is 14.6. The van der Waals surface area contributed by atoms with Crippen LogP contribution in [0.2, 0.25) is 0 Å². The minimum absolute atomic E-state index is 0.163. The Kier molecular flexibility index (Phi) is 4.99. The van der Waals surface area contributed by atoms with E-state index in [9.17, 15) is 19.7 Å². The first-order chi connectivity index (χ1) is 8.90. The van der Waals surface area contributed by atoms with E-state index in [0.717, 1.165) is 0 Å². The van der Waals surface area contributed by atoms with E-state index in [1.54, 1.807) is 13.8 Å². The summed E-state index contributed by atoms with van der Waals surface area (Å²) in [6.07, 6.45) is -0.371. The van der Waals surface area contributed by atoms with Crippen LogP contribution in [0, 0.1) is 10.1 Å². The summed E-state index contributed by atoms with van der Waals surface area (Å²) in [5.74, 6) is -1.68. The summed E-state index contributed by atoms with van der Waals surface area (Å²) < 4.78 is 4.77. The van der Waals surface area contributed by atoms with Gasteiger partial charge in [0.2, 0.25) is 0 Å². The molecule has 7 nitrogen and oxygen atoms in total. The maximum absolute atomic E-state index is 11.6. The third kappa shape index (κ3) is 4.74. The number of benzene rings is 1. The Hall–Kier alpha value is -2.44. The van der Waals surface area contributed by atoms with Gasteiger partial charge in [-0.25, -0.2) is 4.79 Å². The van der Waals surface area contributed by atoms with Gasteiger partial charge in [0.05, 0.1) is 6.10 Å². The number of hydrogen-bond donors (Lipinski definition) is 0. The second-order valence-corrected chi connectivity index (χ2v) is 3.98. The van der Waals surface area contributed by atoms with Crippen LogP contribution in [-0.2, 0) is 21.0 Å². The van der Waals surface area contributed by atoms with Crippen molar-refractivity contribution in [3.63, 3.8) is 0 Å². The summed E-state index contributed by atoms with van der Waals surface area (Å²) in [6, 6.07) is 5.73. The van der Waals surface area contributed by atoms with Gasteiger partial charge in [0, 0.05) is 5.56 Å². The van der Waals surface area contributed by atoms with Crippen molar-refractivity contribution >= 4 is 11.8 Å². The lowest BCUT2D eigenvalue weighted by atomic mass is 10.1. The van der Waals surface area contributed by atoms with Crippen molar-refractivity contribution in [2.45, 2.75) is 26.6 Å². The number of nitrogens with zero attached hydrogens (tertiary/aromatic N) is 1. The van der Waals surface area contributed by atoms with E-state index in [-0.39, 0.29) is 18.3 Å². The Bertz CT molecular complexity index is 479. The molecular weight excluding hydrogens is 254 g/mol. The number of esters is 1. The second-order valence-electron chi connectivity index (χ2n) is 3.98. The van der Waals surface area contributed by atoms with Crippen molar-refractivity contribution in [3.8, 4) is 0 Å². The molecule has 0 aliphatic carbocycles. The van der Waals surface area contributed by atoms with E-state index in [2.05, 4.69) is 4.84 Å². The number of carbonyl (C=O) groups excluding carboxylic acids is 2. The molecule has 0 atom stereocenters. The van der Waals surface area contributed by atoms with Gasteiger partial charge in [-0.15, -0.1) is 10.1 Å². The van der Waals surface area contributed by atoms with Crippen LogP contribution in [0.5, 0.6) is 0 Å². The fraction of sp³-hybridized carbons (Fsp3) is 0.333. The minimum Gasteiger partial charge on any atom is -0.457 e. The lowest BCUT2D eigenvalue weighted by Gasteiger charge is -2.07. The van der Waals surface area contributed by atoms with Crippen LogP contribution in [0.15, 0.2) is 24.3 Å². The largest absolute Gasteiger partial charge is 0.457 e. The quantitative estimate of drug-likeness (QED) is 0.255. The minimum atomic E-state index is -0.927. The van der Waals surface area contributed by atoms with E-state index in [0.29, 0.717) is 5.56 Å². The molecule has 19 heavy (non-hydrogen) atoms. The van der Waals surface area contributed by atoms with Crippen LogP contribution in [0.1, 0.15) is 29.8 Å². The number of hydrogen-bond acceptors (Lipinski definition) is 6. The molecule has 0 unspecified atom stereocenters. The molecule has 0 aliphatic heterocycles. The van der Waals surface area contributed by atoms with Crippen LogP contribution in [0.4, 0.5) is 0 Å². The standard InChI is InChI=1S/C12H13NO6/c1-8(2)19-12(15)11(14)10-5-3-9(4-6-10)7-18-13(16)17/h3-6,8H,7H2,1-2H3. The van der Waals surface area contributed by atoms with Crippen molar-refractivity contribution in [1.29, 1.82) is 0 Å². The van der Waals surface area contributed by atoms with E-state index in [1.165, 1.54) is 24.3 Å². The Labute approximate surface area is 109 Å². The summed E-state index contributed by atoms with van der Waals surface area (Å²) >= 11 is 0. The number of ether oxygens (including phenoxy) is 1. The Morgan fingerprint density at radius 2 is 1.84 bits per heavy atom. The predicted molar refractivity (Wildman–Crippen MR) is 63.8 cm³/mol. The molecule has 0 aromatic heterocycles. The maximum Gasteiger partial charge on any atom is 0.379 e. The lowest BCUT2D eigenvalue weighted by Crippen LogP contribution is -2.21. The van der Waals surface area contributed by atoms with Crippen LogP contribution < -0.4 is 0 Å². The van der Waals surface area contributed by atoms with Crippen LogP contribution in [0.3, 0.4) is 0 Å². The van der Waals surface area contributed by atoms with Gasteiger partial charge in [-0.1, -0.05) is 24.3 Å². The smallest absolute Gasteiger partial charge is 0.379 e. The highest BCUT2D eigenvalue weighted by atomic mass is 16.9. The zero-order valence-electron chi connectivity index (χ0n) is 10.5. The Morgan fingerprint density at radius 3 is 2.32 bits per heavy atom. The second kappa shape index (κ2) is 6.48. The molecule has 0 heterocycles. The molecule has 102 valence electrons. The molecule has 7 heteroatoms. The normalized spacial score (nSPS) is 10.1. The van der Waals surface area contributed by atoms with Crippen molar-refractivity contribution in [2.24, 2.45) is 0 Å². The maximum atomic E-state index is 11.6. The molecule has 1 rings (SSSR count). The van der Waals surface area contributed by atoms with Gasteiger partial charge < -0.3 is 9.57 Å². The average Bonchev–Trinajstić information content (AvgIpc) is 2.35. The SMILES string of the molecule is CC(C)OC(=O)C(=O)c1ccc(CO[N+](=O)[O-])cc1. The van der Waals surface area contributed by atoms with E-state index in [1.807, 2.05) is 0 Å². The van der Waals surface area contributed by atoms with Crippen LogP contribution in [0.25, 0.3) is 0 Å². The highest BCUT2D eigenvalue weighted by Crippen LogP contribution is 2.08. The first-order valence-electron chi connectivity index (χ1n) is 5.51. The zero-order valence-corrected chi connectivity index (χ0v) is 10.5. The molecule has 0 bridgehead atoms. The van der Waals surface area contributed by atoms with E-state index < -0.39 is 16.8 Å². The van der Waals surface area contributed by atoms with Gasteiger partial charge in [0.15, 0.2) is 0 Å². The van der Waals surface area contributed by atoms with Crippen molar-refractivity contribution in [1.82, 2.24) is 0 Å². The molecule has 0 spiro atoms. The molecule has 1 aromatic carbocycles. The third-order valence-electron chi connectivity index (χ3n) is 2.08. The monoisotopic (exact) mass is 267 g/mol. The summed E-state index contributed by atoms with van der Waals surface area (Å²) in [5.41, 5.74) is 0.681. The van der Waals surface area contributed by atoms with Crippen molar-refractivity contribution in [3.05, 3.63) is 45.5 Å². The number of Topliss-reactive ketones (excluding diaryl/α,β-unsaturated/α-hetero) is 1. The summed E-state index contributed by atoms with van der Waals surface area (Å²) in [5, 5.41) is 9.10. The fourth-order valence-corrected chi connectivity index (χ4v) is 1.27. The number of carbonyl (C=O) groups is 2. The Balaban J connectivity index is 2.67. The van der Waals surface area contributed by atoms with Gasteiger partial charge in [0.25, 0.3) is 10.9 Å². The summed E-state index contributed by atoms with van der Waals surface area (Å²) in [6.45, 7) is 3.07. The molecule has 0 saturated heterocycles. The molecule has 1 aromatic rings. The molecular formula is C12H13NO6. The highest BCUT2D eigenvalue weighted by molar-refractivity contribution is 6.40. The van der Waals surface area contributed by atoms with Gasteiger partial charge in [-0.3, -0.25) is 4.79 Å². The average molecular weight is 267 g/mol. The van der Waals surface area contributed by atoms with E-state index in [4.69, 9.17) is 4.74 Å². The number of rotatable bonds is 6. The molecule has 0 amide bonds. The first-order valence-corrected chi connectivity index (χ1v) is 5.51. The van der Waals surface area contributed by atoms with Gasteiger partial charge in [-0.05, 0) is 19.4 Å². The number of ketones is 1. The van der Waals surface area contributed by atoms with Crippen LogP contribution >= 0.6 is 0 Å². The third-order valence-corrected chi connectivity index (χ3v) is 2.08. The lowest BCUT2D eigenvalue weighted by molar-refractivity contribution is -0.763. The predicted octanol–water partition coefficient (Wildman–Crippen LogP) is 1.53. The summed E-state index contributed by atoms with van der Waals surface area (Å²) in [7, 11) is 0. The van der Waals surface area contributed by atoms with Crippen molar-refractivity contribution < 1.29 is 24.3 Å². The molecule has 0 aliphatic rings. The topological polar surface area (TPSA) is 95.7 Å². The Morgan fingerprint density at radius 1 is 1.26 bits per heavy atom. The summed E-state index contributed by atoms with van der Waals surface area (Å²) in [4.78, 5) is 37.2. The van der Waals surface area contributed by atoms with E-state index >= 15 is 0 Å². The van der Waals surface area contributed by atoms with Crippen molar-refractivity contribution in [2.75, 3.05) is 0 Å². The van der Waals surface area contributed by atoms with Gasteiger partial charge in [0.1, 0.15) is 6.61 Å². The zero-order chi connectivity index (χ0) is 14.4. The van der Waals surface area contributed by atoms with Gasteiger partial charge >= 0.3 is 5.97 Å². The fourth-order valence-electron chi connectivity index (χ4n) is 1.27. The highest BCUT2D eigenvalue weighted by Gasteiger charge is 2.18. The molecule has 0 saturated carbocycles.